The largest absolute Gasteiger partial charge is 0.481 e. The number of carbonyl (C=O) groups is 1. The maximum atomic E-state index is 12.2. The van der Waals surface area contributed by atoms with E-state index in [2.05, 4.69) is 5.32 Å². The fraction of sp³-hybridized carbons (Fsp3) is 0.176. The quantitative estimate of drug-likeness (QED) is 0.939. The lowest BCUT2D eigenvalue weighted by molar-refractivity contribution is -0.122. The summed E-state index contributed by atoms with van der Waals surface area (Å²) >= 11 is 0. The van der Waals surface area contributed by atoms with Crippen molar-refractivity contribution < 1.29 is 19.0 Å². The molecule has 1 N–H and O–H groups in total. The fourth-order valence-electron chi connectivity index (χ4n) is 2.13. The van der Waals surface area contributed by atoms with Crippen LogP contribution in [0.4, 0.5) is 5.69 Å². The van der Waals surface area contributed by atoms with E-state index in [0.29, 0.717) is 28.5 Å². The zero-order valence-corrected chi connectivity index (χ0v) is 12.4. The number of hydrogen-bond donors (Lipinski definition) is 1. The van der Waals surface area contributed by atoms with Crippen molar-refractivity contribution in [2.24, 2.45) is 0 Å². The van der Waals surface area contributed by atoms with Gasteiger partial charge < -0.3 is 19.5 Å². The van der Waals surface area contributed by atoms with Gasteiger partial charge in [-0.15, -0.1) is 0 Å². The van der Waals surface area contributed by atoms with Crippen LogP contribution in [0.2, 0.25) is 0 Å². The van der Waals surface area contributed by atoms with Crippen LogP contribution in [-0.2, 0) is 4.79 Å². The summed E-state index contributed by atoms with van der Waals surface area (Å²) in [6.07, 6.45) is -0.734. The average Bonchev–Trinajstić information content (AvgIpc) is 3.03. The van der Waals surface area contributed by atoms with E-state index in [4.69, 9.17) is 19.5 Å². The van der Waals surface area contributed by atoms with Gasteiger partial charge in [-0.05, 0) is 31.2 Å². The number of benzene rings is 2. The van der Waals surface area contributed by atoms with Gasteiger partial charge in [0.25, 0.3) is 5.91 Å². The zero-order chi connectivity index (χ0) is 16.2. The summed E-state index contributed by atoms with van der Waals surface area (Å²) in [5, 5.41) is 11.7. The molecule has 1 atom stereocenters. The van der Waals surface area contributed by atoms with Crippen molar-refractivity contribution in [2.45, 2.75) is 13.0 Å². The second-order valence-corrected chi connectivity index (χ2v) is 4.92. The summed E-state index contributed by atoms with van der Waals surface area (Å²) in [6, 6.07) is 13.9. The van der Waals surface area contributed by atoms with Crippen molar-refractivity contribution in [1.82, 2.24) is 0 Å². The first-order chi connectivity index (χ1) is 11.2. The summed E-state index contributed by atoms with van der Waals surface area (Å²) in [4.78, 5) is 12.2. The van der Waals surface area contributed by atoms with E-state index in [-0.39, 0.29) is 12.7 Å². The Morgan fingerprint density at radius 2 is 2.04 bits per heavy atom. The molecule has 0 unspecified atom stereocenters. The van der Waals surface area contributed by atoms with Gasteiger partial charge in [-0.3, -0.25) is 4.79 Å². The minimum Gasteiger partial charge on any atom is -0.481 e. The van der Waals surface area contributed by atoms with E-state index < -0.39 is 6.10 Å². The molecule has 1 heterocycles. The first-order valence-electron chi connectivity index (χ1n) is 7.03. The molecule has 0 saturated carbocycles. The number of anilines is 1. The minimum atomic E-state index is -0.734. The molecule has 0 saturated heterocycles. The molecule has 6 nitrogen and oxygen atoms in total. The Morgan fingerprint density at radius 1 is 1.26 bits per heavy atom. The Bertz CT molecular complexity index is 782. The van der Waals surface area contributed by atoms with Gasteiger partial charge in [0.1, 0.15) is 11.8 Å². The van der Waals surface area contributed by atoms with Crippen LogP contribution >= 0.6 is 0 Å². The van der Waals surface area contributed by atoms with Crippen molar-refractivity contribution in [3.63, 3.8) is 0 Å². The molecule has 2 aromatic carbocycles. The van der Waals surface area contributed by atoms with Gasteiger partial charge in [-0.2, -0.15) is 5.26 Å². The highest BCUT2D eigenvalue weighted by molar-refractivity contribution is 5.95. The molecule has 0 spiro atoms. The summed E-state index contributed by atoms with van der Waals surface area (Å²) < 4.78 is 16.1. The van der Waals surface area contributed by atoms with Crippen LogP contribution < -0.4 is 19.5 Å². The number of nitrogens with zero attached hydrogens (tertiary/aromatic N) is 1. The molecular formula is C17H14N2O4. The van der Waals surface area contributed by atoms with E-state index in [0.717, 1.165) is 0 Å². The lowest BCUT2D eigenvalue weighted by Crippen LogP contribution is -2.30. The van der Waals surface area contributed by atoms with E-state index >= 15 is 0 Å². The molecule has 6 heteroatoms. The van der Waals surface area contributed by atoms with Crippen molar-refractivity contribution in [3.8, 4) is 23.3 Å². The molecule has 1 aliphatic rings. The number of amides is 1. The average molecular weight is 310 g/mol. The third-order valence-electron chi connectivity index (χ3n) is 3.33. The Kier molecular flexibility index (Phi) is 4.02. The van der Waals surface area contributed by atoms with E-state index in [1.54, 1.807) is 49.4 Å². The van der Waals surface area contributed by atoms with Crippen LogP contribution in [0.1, 0.15) is 12.5 Å². The first-order valence-corrected chi connectivity index (χ1v) is 7.03. The van der Waals surface area contributed by atoms with Crippen molar-refractivity contribution >= 4 is 11.6 Å². The Hall–Kier alpha value is -3.20. The number of carbonyl (C=O) groups excluding carboxylic acids is 1. The third-order valence-corrected chi connectivity index (χ3v) is 3.33. The van der Waals surface area contributed by atoms with Gasteiger partial charge in [0.05, 0.1) is 11.3 Å². The molecule has 0 aliphatic carbocycles. The van der Waals surface area contributed by atoms with Crippen LogP contribution in [0.5, 0.6) is 17.2 Å². The van der Waals surface area contributed by atoms with E-state index in [1.807, 2.05) is 6.07 Å². The normalized spacial score (nSPS) is 13.0. The summed E-state index contributed by atoms with van der Waals surface area (Å²) in [6.45, 7) is 1.81. The summed E-state index contributed by atoms with van der Waals surface area (Å²) in [7, 11) is 0. The Labute approximate surface area is 133 Å². The van der Waals surface area contributed by atoms with Crippen LogP contribution in [0.25, 0.3) is 0 Å². The van der Waals surface area contributed by atoms with Gasteiger partial charge in [0.15, 0.2) is 17.6 Å². The lowest BCUT2D eigenvalue weighted by atomic mass is 10.2. The Morgan fingerprint density at radius 3 is 2.87 bits per heavy atom. The van der Waals surface area contributed by atoms with E-state index in [1.165, 1.54) is 0 Å². The van der Waals surface area contributed by atoms with Crippen molar-refractivity contribution in [1.29, 1.82) is 5.26 Å². The predicted octanol–water partition coefficient (Wildman–Crippen LogP) is 2.69. The van der Waals surface area contributed by atoms with Gasteiger partial charge in [0, 0.05) is 6.07 Å². The number of nitriles is 1. The third kappa shape index (κ3) is 3.19. The Balaban J connectivity index is 1.67. The van der Waals surface area contributed by atoms with Crippen LogP contribution in [-0.4, -0.2) is 18.8 Å². The molecule has 23 heavy (non-hydrogen) atoms. The maximum Gasteiger partial charge on any atom is 0.265 e. The topological polar surface area (TPSA) is 80.6 Å². The second kappa shape index (κ2) is 6.28. The molecule has 0 fully saturated rings. The highest BCUT2D eigenvalue weighted by Crippen LogP contribution is 2.35. The molecule has 0 radical (unpaired) electrons. The maximum absolute atomic E-state index is 12.2. The van der Waals surface area contributed by atoms with Crippen LogP contribution in [0, 0.1) is 11.3 Å². The monoisotopic (exact) mass is 310 g/mol. The van der Waals surface area contributed by atoms with Crippen molar-refractivity contribution in [3.05, 3.63) is 48.0 Å². The highest BCUT2D eigenvalue weighted by Gasteiger charge is 2.19. The van der Waals surface area contributed by atoms with Crippen LogP contribution in [0.3, 0.4) is 0 Å². The summed E-state index contributed by atoms with van der Waals surface area (Å²) in [5.74, 6) is 1.40. The fourth-order valence-corrected chi connectivity index (χ4v) is 2.13. The van der Waals surface area contributed by atoms with Gasteiger partial charge in [-0.25, -0.2) is 0 Å². The minimum absolute atomic E-state index is 0.180. The first kappa shape index (κ1) is 14.7. The number of ether oxygens (including phenoxy) is 3. The number of rotatable bonds is 4. The molecule has 0 bridgehead atoms. The van der Waals surface area contributed by atoms with Gasteiger partial charge >= 0.3 is 0 Å². The molecule has 0 aromatic heterocycles. The molecule has 1 amide bonds. The molecule has 2 aromatic rings. The van der Waals surface area contributed by atoms with Crippen molar-refractivity contribution in [2.75, 3.05) is 12.1 Å². The van der Waals surface area contributed by atoms with Crippen LogP contribution in [0.15, 0.2) is 42.5 Å². The summed E-state index contributed by atoms with van der Waals surface area (Å²) in [5.41, 5.74) is 0.859. The number of fused-ring (bicyclic) bond motifs is 1. The predicted molar refractivity (Wildman–Crippen MR) is 82.4 cm³/mol. The SMILES string of the molecule is C[C@@H](Oc1ccc2c(c1)OCO2)C(=O)Nc1ccccc1C#N. The standard InChI is InChI=1S/C17H14N2O4/c1-11(17(20)19-14-5-3-2-4-12(14)9-18)23-13-6-7-15-16(8-13)22-10-21-15/h2-8,11H,10H2,1H3,(H,19,20)/t11-/m1/s1. The smallest absolute Gasteiger partial charge is 0.265 e. The zero-order valence-electron chi connectivity index (χ0n) is 12.4. The number of hydrogen-bond acceptors (Lipinski definition) is 5. The molecule has 1 aliphatic heterocycles. The lowest BCUT2D eigenvalue weighted by Gasteiger charge is -2.15. The number of nitrogens with one attached hydrogen (secondary N) is 1. The van der Waals surface area contributed by atoms with Gasteiger partial charge in [0.2, 0.25) is 6.79 Å². The molecule has 116 valence electrons. The number of para-hydroxylation sites is 1. The van der Waals surface area contributed by atoms with E-state index in [9.17, 15) is 4.79 Å². The second-order valence-electron chi connectivity index (χ2n) is 4.92. The van der Waals surface area contributed by atoms with Gasteiger partial charge in [-0.1, -0.05) is 12.1 Å². The molecule has 3 rings (SSSR count). The highest BCUT2D eigenvalue weighted by atomic mass is 16.7. The molecular weight excluding hydrogens is 296 g/mol.